The molecule has 260 valence electrons. The van der Waals surface area contributed by atoms with Crippen molar-refractivity contribution in [2.75, 3.05) is 85.9 Å². The van der Waals surface area contributed by atoms with E-state index >= 15 is 0 Å². The summed E-state index contributed by atoms with van der Waals surface area (Å²) in [6.45, 7) is 3.19. The molecule has 0 atom stereocenters. The molecule has 0 bridgehead atoms. The number of carboxylic acid groups (broad SMARTS) is 2. The largest absolute Gasteiger partial charge is 0.487 e. The number of carboxylic acids is 2. The topological polar surface area (TPSA) is 207 Å². The fraction of sp³-hybridized carbons (Fsp3) is 0.667. The van der Waals surface area contributed by atoms with E-state index in [2.05, 4.69) is 10.6 Å². The Morgan fingerprint density at radius 3 is 1.39 bits per heavy atom. The van der Waals surface area contributed by atoms with Crippen molar-refractivity contribution in [3.63, 3.8) is 0 Å². The number of ether oxygens (including phenoxy) is 8. The molecule has 1 heterocycles. The van der Waals surface area contributed by atoms with Crippen LogP contribution in [0.1, 0.15) is 38.5 Å². The number of para-hydroxylation sites is 2. The van der Waals surface area contributed by atoms with E-state index in [1.807, 2.05) is 0 Å². The maximum Gasteiger partial charge on any atom is 0.303 e. The van der Waals surface area contributed by atoms with Gasteiger partial charge in [-0.1, -0.05) is 12.1 Å². The van der Waals surface area contributed by atoms with E-state index in [0.29, 0.717) is 52.9 Å². The van der Waals surface area contributed by atoms with Crippen LogP contribution >= 0.6 is 0 Å². The number of fused-ring (bicyclic) bond motifs is 1. The highest BCUT2D eigenvalue weighted by Gasteiger charge is 2.38. The zero-order valence-electron chi connectivity index (χ0n) is 26.0. The van der Waals surface area contributed by atoms with Crippen LogP contribution in [0.15, 0.2) is 24.3 Å². The molecule has 0 radical (unpaired) electrons. The van der Waals surface area contributed by atoms with E-state index in [0.717, 1.165) is 0 Å². The number of amides is 2. The molecular weight excluding hydrogens is 612 g/mol. The van der Waals surface area contributed by atoms with Crippen LogP contribution in [0.25, 0.3) is 0 Å². The molecule has 4 N–H and O–H groups in total. The summed E-state index contributed by atoms with van der Waals surface area (Å²) in [6.07, 6.45) is -0.759. The molecule has 2 rings (SSSR count). The van der Waals surface area contributed by atoms with Crippen molar-refractivity contribution in [1.82, 2.24) is 10.6 Å². The van der Waals surface area contributed by atoms with E-state index in [-0.39, 0.29) is 76.5 Å². The van der Waals surface area contributed by atoms with Gasteiger partial charge in [0.05, 0.1) is 72.7 Å². The lowest BCUT2D eigenvalue weighted by atomic mass is 10.2. The molecule has 0 spiro atoms. The third-order valence-corrected chi connectivity index (χ3v) is 6.06. The molecule has 1 aromatic rings. The first kappa shape index (κ1) is 38.6. The van der Waals surface area contributed by atoms with Crippen LogP contribution < -0.4 is 20.1 Å². The quantitative estimate of drug-likeness (QED) is 0.258. The monoisotopic (exact) mass is 658 g/mol. The van der Waals surface area contributed by atoms with Crippen molar-refractivity contribution < 1.29 is 67.3 Å². The molecule has 0 saturated carbocycles. The Morgan fingerprint density at radius 1 is 0.565 bits per heavy atom. The fourth-order valence-electron chi connectivity index (χ4n) is 3.93. The van der Waals surface area contributed by atoms with Gasteiger partial charge in [0.1, 0.15) is 13.2 Å². The summed E-state index contributed by atoms with van der Waals surface area (Å²) in [4.78, 5) is 48.0. The summed E-state index contributed by atoms with van der Waals surface area (Å²) in [5.74, 6) is -4.91. The number of carbonyl (C=O) groups excluding carboxylic acids is 2. The summed E-state index contributed by atoms with van der Waals surface area (Å²) >= 11 is 0. The molecular formula is C30H46N2O14. The highest BCUT2D eigenvalue weighted by Crippen LogP contribution is 2.29. The Balaban J connectivity index is 2.25. The van der Waals surface area contributed by atoms with Crippen LogP contribution in [0.5, 0.6) is 11.5 Å². The zero-order chi connectivity index (χ0) is 33.3. The molecule has 1 aromatic carbocycles. The summed E-state index contributed by atoms with van der Waals surface area (Å²) in [5.41, 5.74) is 0. The fourth-order valence-corrected chi connectivity index (χ4v) is 3.93. The Morgan fingerprint density at radius 2 is 0.957 bits per heavy atom. The van der Waals surface area contributed by atoms with E-state index in [4.69, 9.17) is 48.1 Å². The SMILES string of the molecule is O=C(O)CCCC(=O)NC1(NC(=O)CCCC(=O)O)COCCOCCOCCOCCOCCOCCOc2ccccc2O1. The lowest BCUT2D eigenvalue weighted by Crippen LogP contribution is -2.67. The minimum atomic E-state index is -1.98. The minimum Gasteiger partial charge on any atom is -0.487 e. The van der Waals surface area contributed by atoms with Crippen LogP contribution in [-0.2, 0) is 47.6 Å². The summed E-state index contributed by atoms with van der Waals surface area (Å²) in [5, 5.41) is 23.3. The number of hydrogen-bond donors (Lipinski definition) is 4. The van der Waals surface area contributed by atoms with Gasteiger partial charge in [0, 0.05) is 25.7 Å². The van der Waals surface area contributed by atoms with Crippen molar-refractivity contribution in [1.29, 1.82) is 0 Å². The average Bonchev–Trinajstić information content (AvgIpc) is 3.00. The third kappa shape index (κ3) is 18.4. The van der Waals surface area contributed by atoms with Gasteiger partial charge in [-0.2, -0.15) is 0 Å². The number of nitrogens with one attached hydrogen (secondary N) is 2. The van der Waals surface area contributed by atoms with Gasteiger partial charge >= 0.3 is 11.9 Å². The molecule has 2 amide bonds. The molecule has 46 heavy (non-hydrogen) atoms. The first-order valence-electron chi connectivity index (χ1n) is 15.2. The maximum atomic E-state index is 13.0. The van der Waals surface area contributed by atoms with Crippen molar-refractivity contribution in [2.45, 2.75) is 44.4 Å². The normalized spacial score (nSPS) is 17.9. The smallest absolute Gasteiger partial charge is 0.303 e. The molecule has 0 fully saturated rings. The Bertz CT molecular complexity index is 1010. The first-order valence-corrected chi connectivity index (χ1v) is 15.2. The van der Waals surface area contributed by atoms with Crippen LogP contribution in [0, 0.1) is 0 Å². The zero-order valence-corrected chi connectivity index (χ0v) is 26.0. The standard InChI is InChI=1S/C30H46N2O14/c33-26(7-3-9-28(35)36)31-30(32-27(34)8-4-10-29(37)38)23-44-20-19-42-16-15-40-12-11-39-13-14-41-17-18-43-21-22-45-24-5-1-2-6-25(24)46-30/h1-2,5-6H,3-4,7-23H2,(H,31,33)(H,32,34)(H,35,36)(H,37,38). The summed E-state index contributed by atoms with van der Waals surface area (Å²) < 4.78 is 45.4. The molecule has 0 aromatic heterocycles. The van der Waals surface area contributed by atoms with Crippen LogP contribution in [-0.4, -0.2) is 126 Å². The van der Waals surface area contributed by atoms with Crippen LogP contribution in [0.2, 0.25) is 0 Å². The number of hydrogen-bond acceptors (Lipinski definition) is 12. The second-order valence-electron chi connectivity index (χ2n) is 9.93. The Labute approximate surface area is 267 Å². The Kier molecular flexibility index (Phi) is 19.9. The van der Waals surface area contributed by atoms with Crippen LogP contribution in [0.4, 0.5) is 0 Å². The van der Waals surface area contributed by atoms with E-state index < -0.39 is 36.2 Å². The van der Waals surface area contributed by atoms with E-state index in [1.165, 1.54) is 0 Å². The van der Waals surface area contributed by atoms with Gasteiger partial charge in [-0.25, -0.2) is 0 Å². The number of carbonyl (C=O) groups is 4. The van der Waals surface area contributed by atoms with Crippen molar-refractivity contribution >= 4 is 23.8 Å². The maximum absolute atomic E-state index is 13.0. The first-order chi connectivity index (χ1) is 22.3. The number of rotatable bonds is 10. The van der Waals surface area contributed by atoms with E-state index in [1.54, 1.807) is 24.3 Å². The second kappa shape index (κ2) is 23.7. The highest BCUT2D eigenvalue weighted by atomic mass is 16.6. The van der Waals surface area contributed by atoms with Gasteiger partial charge in [-0.15, -0.1) is 0 Å². The van der Waals surface area contributed by atoms with Crippen molar-refractivity contribution in [2.24, 2.45) is 0 Å². The molecule has 1 aliphatic heterocycles. The molecule has 0 aliphatic carbocycles. The van der Waals surface area contributed by atoms with Gasteiger partial charge in [-0.05, 0) is 25.0 Å². The van der Waals surface area contributed by atoms with E-state index in [9.17, 15) is 19.2 Å². The Hall–Kier alpha value is -3.54. The van der Waals surface area contributed by atoms with Gasteiger partial charge < -0.3 is 48.1 Å². The van der Waals surface area contributed by atoms with Gasteiger partial charge in [-0.3, -0.25) is 29.8 Å². The molecule has 1 aliphatic rings. The molecule has 16 heteroatoms. The predicted octanol–water partition coefficient (Wildman–Crippen LogP) is 0.953. The molecule has 0 saturated heterocycles. The van der Waals surface area contributed by atoms with Gasteiger partial charge in [0.15, 0.2) is 11.5 Å². The second-order valence-corrected chi connectivity index (χ2v) is 9.93. The minimum absolute atomic E-state index is 0.0391. The third-order valence-electron chi connectivity index (χ3n) is 6.06. The average molecular weight is 659 g/mol. The lowest BCUT2D eigenvalue weighted by molar-refractivity contribution is -0.144. The summed E-state index contributed by atoms with van der Waals surface area (Å²) in [7, 11) is 0. The van der Waals surface area contributed by atoms with Gasteiger partial charge in [0.25, 0.3) is 5.85 Å². The number of aliphatic carboxylic acids is 2. The molecule has 0 unspecified atom stereocenters. The highest BCUT2D eigenvalue weighted by molar-refractivity contribution is 5.80. The summed E-state index contributed by atoms with van der Waals surface area (Å²) in [6, 6.07) is 6.58. The van der Waals surface area contributed by atoms with Crippen molar-refractivity contribution in [3.05, 3.63) is 24.3 Å². The van der Waals surface area contributed by atoms with Gasteiger partial charge in [0.2, 0.25) is 11.8 Å². The van der Waals surface area contributed by atoms with Crippen LogP contribution in [0.3, 0.4) is 0 Å². The predicted molar refractivity (Wildman–Crippen MR) is 159 cm³/mol. The molecule has 16 nitrogen and oxygen atoms in total. The van der Waals surface area contributed by atoms with Crippen molar-refractivity contribution in [3.8, 4) is 11.5 Å². The lowest BCUT2D eigenvalue weighted by Gasteiger charge is -2.36. The number of benzene rings is 1.